The fourth-order valence-electron chi connectivity index (χ4n) is 12.4. The van der Waals surface area contributed by atoms with Crippen LogP contribution in [-0.4, -0.2) is 4.57 Å². The van der Waals surface area contributed by atoms with Crippen molar-refractivity contribution in [2.24, 2.45) is 0 Å². The average molecular weight is 1090 g/mol. The number of thiophene rings is 2. The predicted molar refractivity (Wildman–Crippen MR) is 358 cm³/mol. The number of nitrogens with zero attached hydrogens (tertiary/aromatic N) is 3. The van der Waals surface area contributed by atoms with E-state index in [1.807, 2.05) is 22.7 Å². The number of rotatable bonds is 11. The van der Waals surface area contributed by atoms with E-state index < -0.39 is 0 Å². The predicted octanol–water partition coefficient (Wildman–Crippen LogP) is 23.1. The molecule has 0 saturated heterocycles. The van der Waals surface area contributed by atoms with Crippen molar-refractivity contribution in [3.63, 3.8) is 0 Å². The zero-order chi connectivity index (χ0) is 54.8. The zero-order valence-corrected chi connectivity index (χ0v) is 46.7. The average Bonchev–Trinajstić information content (AvgIpc) is 3.78. The first kappa shape index (κ1) is 48.6. The van der Waals surface area contributed by atoms with E-state index in [1.165, 1.54) is 90.0 Å². The highest BCUT2D eigenvalue weighted by Gasteiger charge is 2.21. The number of hydrogen-bond donors (Lipinski definition) is 0. The van der Waals surface area contributed by atoms with Crippen LogP contribution in [0.2, 0.25) is 0 Å². The molecule has 16 aromatic rings. The van der Waals surface area contributed by atoms with E-state index >= 15 is 0 Å². The van der Waals surface area contributed by atoms with Gasteiger partial charge in [-0.2, -0.15) is 0 Å². The first-order valence-electron chi connectivity index (χ1n) is 28.2. The van der Waals surface area contributed by atoms with Crippen molar-refractivity contribution in [1.82, 2.24) is 4.57 Å². The molecule has 0 aliphatic heterocycles. The summed E-state index contributed by atoms with van der Waals surface area (Å²) in [5.74, 6) is 0. The molecule has 83 heavy (non-hydrogen) atoms. The van der Waals surface area contributed by atoms with Crippen molar-refractivity contribution < 1.29 is 0 Å². The van der Waals surface area contributed by atoms with Gasteiger partial charge in [-0.1, -0.05) is 170 Å². The van der Waals surface area contributed by atoms with E-state index in [-0.39, 0.29) is 0 Å². The van der Waals surface area contributed by atoms with E-state index in [0.717, 1.165) is 56.5 Å². The third-order valence-corrected chi connectivity index (χ3v) is 18.6. The fraction of sp³-hybridized carbons (Fsp3) is 0. The van der Waals surface area contributed by atoms with Gasteiger partial charge < -0.3 is 14.4 Å². The van der Waals surface area contributed by atoms with Gasteiger partial charge in [0.25, 0.3) is 0 Å². The second-order valence-corrected chi connectivity index (χ2v) is 23.5. The van der Waals surface area contributed by atoms with Crippen LogP contribution in [0.4, 0.5) is 34.1 Å². The summed E-state index contributed by atoms with van der Waals surface area (Å²) in [6.07, 6.45) is 0. The van der Waals surface area contributed by atoms with Crippen LogP contribution in [0.15, 0.2) is 309 Å². The molecule has 3 heterocycles. The maximum Gasteiger partial charge on any atom is 0.0547 e. The minimum absolute atomic E-state index is 1.06. The number of aromatic nitrogens is 1. The van der Waals surface area contributed by atoms with Gasteiger partial charge >= 0.3 is 0 Å². The van der Waals surface area contributed by atoms with Crippen LogP contribution in [0.3, 0.4) is 0 Å². The first-order chi connectivity index (χ1) is 41.1. The summed E-state index contributed by atoms with van der Waals surface area (Å²) in [6.45, 7) is 0. The van der Waals surface area contributed by atoms with E-state index in [2.05, 4.69) is 324 Å². The van der Waals surface area contributed by atoms with Crippen LogP contribution >= 0.6 is 22.7 Å². The molecule has 16 rings (SSSR count). The van der Waals surface area contributed by atoms with E-state index in [0.29, 0.717) is 0 Å². The lowest BCUT2D eigenvalue weighted by atomic mass is 9.97. The molecule has 0 atom stereocenters. The van der Waals surface area contributed by atoms with Crippen LogP contribution in [0.5, 0.6) is 0 Å². The van der Waals surface area contributed by atoms with Crippen LogP contribution in [0.1, 0.15) is 0 Å². The molecule has 0 fully saturated rings. The quantitative estimate of drug-likeness (QED) is 0.128. The minimum atomic E-state index is 1.06. The molecule has 0 N–H and O–H groups in total. The van der Waals surface area contributed by atoms with Gasteiger partial charge in [-0.15, -0.1) is 22.7 Å². The standard InChI is InChI=1S/C78H51N3S2/c1-5-17-52(18-6-1)58-45-59(53-19-7-2-8-20-53)47-66(46-58)80(64-38-36-63(37-39-64)79(60-21-9-3-10-22-60)65-40-44-78-72(51-65)69-26-14-16-28-75(69)82-78)62-34-29-54(30-35-62)55-32-42-76-70(48-55)71-49-56(33-43-77(71)83-76)57-31-41-68-67-25-13-15-27-73(67)81(74(68)50-57)61-23-11-4-12-24-61/h1-51H. The maximum absolute atomic E-state index is 2.41. The largest absolute Gasteiger partial charge is 0.310 e. The Bertz CT molecular complexity index is 5010. The fourth-order valence-corrected chi connectivity index (χ4v) is 14.5. The van der Waals surface area contributed by atoms with Crippen molar-refractivity contribution >= 4 is 119 Å². The van der Waals surface area contributed by atoms with Crippen molar-refractivity contribution in [3.8, 4) is 50.2 Å². The van der Waals surface area contributed by atoms with Gasteiger partial charge in [-0.05, 0) is 184 Å². The highest BCUT2D eigenvalue weighted by molar-refractivity contribution is 7.26. The van der Waals surface area contributed by atoms with Crippen LogP contribution in [0, 0.1) is 0 Å². The number of hydrogen-bond acceptors (Lipinski definition) is 4. The van der Waals surface area contributed by atoms with Gasteiger partial charge in [0, 0.05) is 90.9 Å². The lowest BCUT2D eigenvalue weighted by molar-refractivity contribution is 1.18. The third kappa shape index (κ3) is 8.73. The summed E-state index contributed by atoms with van der Waals surface area (Å²) < 4.78 is 7.56. The van der Waals surface area contributed by atoms with Gasteiger partial charge in [-0.3, -0.25) is 0 Å². The van der Waals surface area contributed by atoms with Crippen LogP contribution in [0.25, 0.3) is 112 Å². The zero-order valence-electron chi connectivity index (χ0n) is 45.1. The third-order valence-electron chi connectivity index (χ3n) is 16.3. The highest BCUT2D eigenvalue weighted by Crippen LogP contribution is 2.46. The Labute approximate surface area is 489 Å². The normalized spacial score (nSPS) is 11.6. The molecule has 390 valence electrons. The van der Waals surface area contributed by atoms with E-state index in [4.69, 9.17) is 0 Å². The van der Waals surface area contributed by atoms with E-state index in [1.54, 1.807) is 0 Å². The van der Waals surface area contributed by atoms with Crippen molar-refractivity contribution in [1.29, 1.82) is 0 Å². The molecule has 0 amide bonds. The molecule has 5 heteroatoms. The number of fused-ring (bicyclic) bond motifs is 9. The maximum atomic E-state index is 2.41. The van der Waals surface area contributed by atoms with Crippen molar-refractivity contribution in [2.45, 2.75) is 0 Å². The second-order valence-electron chi connectivity index (χ2n) is 21.3. The van der Waals surface area contributed by atoms with Gasteiger partial charge in [-0.25, -0.2) is 0 Å². The number of benzene rings is 13. The number of anilines is 6. The Morgan fingerprint density at radius 1 is 0.205 bits per heavy atom. The molecule has 0 saturated carbocycles. The Morgan fingerprint density at radius 2 is 0.602 bits per heavy atom. The molecular formula is C78H51N3S2. The molecule has 0 radical (unpaired) electrons. The molecule has 0 bridgehead atoms. The van der Waals surface area contributed by atoms with Gasteiger partial charge in [0.05, 0.1) is 11.0 Å². The molecule has 0 aliphatic rings. The molecule has 0 spiro atoms. The highest BCUT2D eigenvalue weighted by atomic mass is 32.1. The lowest BCUT2D eigenvalue weighted by Gasteiger charge is -2.29. The summed E-state index contributed by atoms with van der Waals surface area (Å²) in [6, 6.07) is 113. The summed E-state index contributed by atoms with van der Waals surface area (Å²) in [7, 11) is 0. The van der Waals surface area contributed by atoms with Crippen molar-refractivity contribution in [3.05, 3.63) is 309 Å². The number of para-hydroxylation sites is 3. The molecule has 3 nitrogen and oxygen atoms in total. The first-order valence-corrected chi connectivity index (χ1v) is 29.8. The molecule has 0 aliphatic carbocycles. The summed E-state index contributed by atoms with van der Waals surface area (Å²) >= 11 is 3.71. The van der Waals surface area contributed by atoms with Crippen molar-refractivity contribution in [2.75, 3.05) is 9.80 Å². The Morgan fingerprint density at radius 3 is 1.23 bits per heavy atom. The smallest absolute Gasteiger partial charge is 0.0547 e. The van der Waals surface area contributed by atoms with Gasteiger partial charge in [0.15, 0.2) is 0 Å². The van der Waals surface area contributed by atoms with Crippen LogP contribution in [-0.2, 0) is 0 Å². The minimum Gasteiger partial charge on any atom is -0.310 e. The Balaban J connectivity index is 0.794. The monoisotopic (exact) mass is 1090 g/mol. The molecule has 3 aromatic heterocycles. The lowest BCUT2D eigenvalue weighted by Crippen LogP contribution is -2.12. The second kappa shape index (κ2) is 20.4. The molecule has 13 aromatic carbocycles. The molecule has 0 unspecified atom stereocenters. The van der Waals surface area contributed by atoms with Gasteiger partial charge in [0.1, 0.15) is 0 Å². The SMILES string of the molecule is c1ccc(-c2cc(-c3ccccc3)cc(N(c3ccc(-c4ccc5sc6ccc(-c7ccc8c9ccccc9n(-c9ccccc9)c8c7)cc6c5c4)cc3)c3ccc(N(c4ccccc4)c4ccc5sc6ccccc6c5c4)cc3)c2)cc1. The van der Waals surface area contributed by atoms with Crippen LogP contribution < -0.4 is 9.80 Å². The van der Waals surface area contributed by atoms with Gasteiger partial charge in [0.2, 0.25) is 0 Å². The summed E-state index contributed by atoms with van der Waals surface area (Å²) in [5, 5.41) is 7.63. The Hall–Kier alpha value is -10.3. The topological polar surface area (TPSA) is 11.4 Å². The Kier molecular flexibility index (Phi) is 11.9. The summed E-state index contributed by atoms with van der Waals surface area (Å²) in [5.41, 5.74) is 19.5. The molecular weight excluding hydrogens is 1040 g/mol. The summed E-state index contributed by atoms with van der Waals surface area (Å²) in [4.78, 5) is 4.79. The van der Waals surface area contributed by atoms with E-state index in [9.17, 15) is 0 Å².